The number of halogens is 1. The molecule has 0 bridgehead atoms. The van der Waals surface area contributed by atoms with Gasteiger partial charge in [-0.1, -0.05) is 43.2 Å². The molecule has 0 aliphatic carbocycles. The number of rotatable bonds is 8. The van der Waals surface area contributed by atoms with Crippen molar-refractivity contribution in [1.82, 2.24) is 20.4 Å². The van der Waals surface area contributed by atoms with Gasteiger partial charge in [0.15, 0.2) is 5.96 Å². The van der Waals surface area contributed by atoms with E-state index in [0.717, 1.165) is 58.2 Å². The first-order valence-electron chi connectivity index (χ1n) is 10.1. The summed E-state index contributed by atoms with van der Waals surface area (Å²) in [5.41, 5.74) is 2.49. The van der Waals surface area contributed by atoms with Crippen molar-refractivity contribution in [2.24, 2.45) is 4.99 Å². The highest BCUT2D eigenvalue weighted by Crippen LogP contribution is 2.04. The van der Waals surface area contributed by atoms with E-state index in [9.17, 15) is 4.79 Å². The van der Waals surface area contributed by atoms with Gasteiger partial charge in [-0.05, 0) is 18.9 Å². The van der Waals surface area contributed by atoms with Crippen molar-refractivity contribution < 1.29 is 4.79 Å². The third kappa shape index (κ3) is 9.23. The van der Waals surface area contributed by atoms with Crippen molar-refractivity contribution in [3.63, 3.8) is 0 Å². The third-order valence-corrected chi connectivity index (χ3v) is 4.90. The van der Waals surface area contributed by atoms with Gasteiger partial charge in [-0.2, -0.15) is 0 Å². The highest BCUT2D eigenvalue weighted by Gasteiger charge is 2.17. The van der Waals surface area contributed by atoms with Crippen LogP contribution in [-0.2, 0) is 11.3 Å². The largest absolute Gasteiger partial charge is 0.356 e. The fourth-order valence-corrected chi connectivity index (χ4v) is 3.04. The molecule has 1 amide bonds. The van der Waals surface area contributed by atoms with Crippen LogP contribution in [0, 0.1) is 6.92 Å². The molecule has 2 rings (SSSR count). The van der Waals surface area contributed by atoms with Crippen LogP contribution < -0.4 is 10.6 Å². The van der Waals surface area contributed by atoms with Gasteiger partial charge in [-0.3, -0.25) is 9.69 Å². The molecular formula is C21H36IN5O. The van der Waals surface area contributed by atoms with Crippen molar-refractivity contribution in [2.45, 2.75) is 40.2 Å². The average molecular weight is 501 g/mol. The lowest BCUT2D eigenvalue weighted by Gasteiger charge is -2.34. The Kier molecular flexibility index (Phi) is 12.1. The number of nitrogens with one attached hydrogen (secondary N) is 2. The number of piperazine rings is 1. The average Bonchev–Trinajstić information content (AvgIpc) is 2.67. The first-order chi connectivity index (χ1) is 13.1. The third-order valence-electron chi connectivity index (χ3n) is 4.90. The standard InChI is InChI=1S/C21H35N5O.HI/c1-4-5-10-22-21(24-17-20-8-6-18(2)7-9-20)23-11-12-25-13-15-26(16-14-25)19(3)27;/h6-9H,4-5,10-17H2,1-3H3,(H2,22,23,24);1H. The van der Waals surface area contributed by atoms with Crippen LogP contribution in [0.4, 0.5) is 0 Å². The number of hydrogen-bond acceptors (Lipinski definition) is 3. The van der Waals surface area contributed by atoms with Crippen LogP contribution in [0.3, 0.4) is 0 Å². The van der Waals surface area contributed by atoms with Crippen molar-refractivity contribution in [3.8, 4) is 0 Å². The van der Waals surface area contributed by atoms with Crippen LogP contribution in [0.5, 0.6) is 0 Å². The number of hydrogen-bond donors (Lipinski definition) is 2. The Labute approximate surface area is 187 Å². The molecule has 0 atom stereocenters. The molecule has 1 aromatic rings. The first kappa shape index (κ1) is 24.7. The zero-order valence-electron chi connectivity index (χ0n) is 17.5. The number of aryl methyl sites for hydroxylation is 1. The number of aliphatic imine (C=N–C) groups is 1. The molecule has 28 heavy (non-hydrogen) atoms. The van der Waals surface area contributed by atoms with Crippen LogP contribution >= 0.6 is 24.0 Å². The molecular weight excluding hydrogens is 465 g/mol. The van der Waals surface area contributed by atoms with E-state index in [1.165, 1.54) is 17.5 Å². The summed E-state index contributed by atoms with van der Waals surface area (Å²) in [7, 11) is 0. The molecule has 158 valence electrons. The van der Waals surface area contributed by atoms with Crippen molar-refractivity contribution >= 4 is 35.8 Å². The molecule has 0 aromatic heterocycles. The van der Waals surface area contributed by atoms with Crippen molar-refractivity contribution in [3.05, 3.63) is 35.4 Å². The Bertz CT molecular complexity index is 597. The SMILES string of the molecule is CCCCNC(=NCc1ccc(C)cc1)NCCN1CCN(C(C)=O)CC1.I. The minimum Gasteiger partial charge on any atom is -0.356 e. The summed E-state index contributed by atoms with van der Waals surface area (Å²) in [6, 6.07) is 8.53. The Morgan fingerprint density at radius 3 is 2.32 bits per heavy atom. The lowest BCUT2D eigenvalue weighted by molar-refractivity contribution is -0.130. The van der Waals surface area contributed by atoms with Crippen molar-refractivity contribution in [2.75, 3.05) is 45.8 Å². The zero-order valence-corrected chi connectivity index (χ0v) is 19.9. The van der Waals surface area contributed by atoms with E-state index in [1.54, 1.807) is 6.92 Å². The first-order valence-corrected chi connectivity index (χ1v) is 10.1. The lowest BCUT2D eigenvalue weighted by Crippen LogP contribution is -2.50. The molecule has 1 aliphatic rings. The van der Waals surface area contributed by atoms with E-state index in [-0.39, 0.29) is 29.9 Å². The molecule has 0 saturated carbocycles. The Morgan fingerprint density at radius 1 is 1.07 bits per heavy atom. The second kappa shape index (κ2) is 13.8. The summed E-state index contributed by atoms with van der Waals surface area (Å²) in [6.45, 7) is 12.9. The molecule has 1 saturated heterocycles. The van der Waals surface area contributed by atoms with Crippen LogP contribution in [0.25, 0.3) is 0 Å². The van der Waals surface area contributed by atoms with Gasteiger partial charge in [0.2, 0.25) is 5.91 Å². The van der Waals surface area contributed by atoms with Gasteiger partial charge < -0.3 is 15.5 Å². The zero-order chi connectivity index (χ0) is 19.5. The fourth-order valence-electron chi connectivity index (χ4n) is 3.04. The van der Waals surface area contributed by atoms with Crippen LogP contribution in [0.15, 0.2) is 29.3 Å². The summed E-state index contributed by atoms with van der Waals surface area (Å²) in [5, 5.41) is 6.89. The van der Waals surface area contributed by atoms with E-state index in [4.69, 9.17) is 4.99 Å². The van der Waals surface area contributed by atoms with Crippen LogP contribution in [0.2, 0.25) is 0 Å². The van der Waals surface area contributed by atoms with E-state index < -0.39 is 0 Å². The molecule has 0 unspecified atom stereocenters. The number of unbranched alkanes of at least 4 members (excludes halogenated alkanes) is 1. The second-order valence-corrected chi connectivity index (χ2v) is 7.21. The van der Waals surface area contributed by atoms with Gasteiger partial charge in [0, 0.05) is 52.7 Å². The van der Waals surface area contributed by atoms with E-state index in [1.807, 2.05) is 4.90 Å². The molecule has 7 heteroatoms. The monoisotopic (exact) mass is 501 g/mol. The summed E-state index contributed by atoms with van der Waals surface area (Å²) < 4.78 is 0. The maximum Gasteiger partial charge on any atom is 0.219 e. The normalized spacial score (nSPS) is 15.1. The quantitative estimate of drug-likeness (QED) is 0.249. The molecule has 1 aliphatic heterocycles. The summed E-state index contributed by atoms with van der Waals surface area (Å²) in [5.74, 6) is 1.06. The number of nitrogens with zero attached hydrogens (tertiary/aromatic N) is 3. The maximum absolute atomic E-state index is 11.4. The molecule has 0 radical (unpaired) electrons. The van der Waals surface area contributed by atoms with Crippen LogP contribution in [-0.4, -0.2) is 67.5 Å². The molecule has 0 spiro atoms. The number of guanidine groups is 1. The number of carbonyl (C=O) groups is 1. The van der Waals surface area contributed by atoms with E-state index in [0.29, 0.717) is 6.54 Å². The van der Waals surface area contributed by atoms with Gasteiger partial charge in [-0.25, -0.2) is 4.99 Å². The Balaban J connectivity index is 0.00000392. The molecule has 6 nitrogen and oxygen atoms in total. The van der Waals surface area contributed by atoms with Gasteiger partial charge in [0.05, 0.1) is 6.54 Å². The molecule has 1 aromatic carbocycles. The maximum atomic E-state index is 11.4. The highest BCUT2D eigenvalue weighted by molar-refractivity contribution is 14.0. The molecule has 1 fully saturated rings. The minimum atomic E-state index is 0. The second-order valence-electron chi connectivity index (χ2n) is 7.21. The Morgan fingerprint density at radius 2 is 1.71 bits per heavy atom. The fraction of sp³-hybridized carbons (Fsp3) is 0.619. The van der Waals surface area contributed by atoms with Crippen LogP contribution in [0.1, 0.15) is 37.8 Å². The number of amides is 1. The van der Waals surface area contributed by atoms with Gasteiger partial charge in [-0.15, -0.1) is 24.0 Å². The predicted octanol–water partition coefficient (Wildman–Crippen LogP) is 2.61. The topological polar surface area (TPSA) is 60.0 Å². The highest BCUT2D eigenvalue weighted by atomic mass is 127. The predicted molar refractivity (Wildman–Crippen MR) is 127 cm³/mol. The summed E-state index contributed by atoms with van der Waals surface area (Å²) in [6.07, 6.45) is 2.30. The lowest BCUT2D eigenvalue weighted by atomic mass is 10.1. The number of carbonyl (C=O) groups excluding carboxylic acids is 1. The minimum absolute atomic E-state index is 0. The van der Waals surface area contributed by atoms with Gasteiger partial charge in [0.25, 0.3) is 0 Å². The van der Waals surface area contributed by atoms with E-state index >= 15 is 0 Å². The number of benzene rings is 1. The smallest absolute Gasteiger partial charge is 0.219 e. The summed E-state index contributed by atoms with van der Waals surface area (Å²) >= 11 is 0. The van der Waals surface area contributed by atoms with Gasteiger partial charge in [0.1, 0.15) is 0 Å². The molecule has 1 heterocycles. The molecule has 2 N–H and O–H groups in total. The van der Waals surface area contributed by atoms with Gasteiger partial charge >= 0.3 is 0 Å². The van der Waals surface area contributed by atoms with E-state index in [2.05, 4.69) is 53.6 Å². The van der Waals surface area contributed by atoms with Crippen molar-refractivity contribution in [1.29, 1.82) is 0 Å². The summed E-state index contributed by atoms with van der Waals surface area (Å²) in [4.78, 5) is 20.5. The Hall–Kier alpha value is -1.35.